The van der Waals surface area contributed by atoms with Gasteiger partial charge in [-0.05, 0) is 54.2 Å². The van der Waals surface area contributed by atoms with Crippen LogP contribution in [0.3, 0.4) is 0 Å². The molecule has 0 amide bonds. The van der Waals surface area contributed by atoms with Crippen molar-refractivity contribution in [2.75, 3.05) is 0 Å². The van der Waals surface area contributed by atoms with E-state index in [-0.39, 0.29) is 12.0 Å². The molecule has 0 fully saturated rings. The van der Waals surface area contributed by atoms with Crippen LogP contribution in [0.15, 0.2) is 54.6 Å². The lowest BCUT2D eigenvalue weighted by atomic mass is 10.0. The van der Waals surface area contributed by atoms with Gasteiger partial charge in [0, 0.05) is 6.42 Å². The van der Waals surface area contributed by atoms with Crippen molar-refractivity contribution in [1.29, 1.82) is 0 Å². The van der Waals surface area contributed by atoms with Crippen LogP contribution in [-0.4, -0.2) is 25.8 Å². The zero-order valence-electron chi connectivity index (χ0n) is 18.3. The molecule has 0 spiro atoms. The van der Waals surface area contributed by atoms with Gasteiger partial charge in [0.2, 0.25) is 5.82 Å². The maximum atomic E-state index is 14.3. The Hall–Kier alpha value is -3.35. The molecule has 0 unspecified atom stereocenters. The van der Waals surface area contributed by atoms with Gasteiger partial charge in [-0.15, -0.1) is 5.10 Å². The predicted octanol–water partition coefficient (Wildman–Crippen LogP) is 5.93. The average molecular weight is 440 g/mol. The summed E-state index contributed by atoms with van der Waals surface area (Å²) >= 11 is 0. The second kappa shape index (κ2) is 10.3. The number of allylic oxidation sites excluding steroid dienone is 1. The van der Waals surface area contributed by atoms with E-state index in [0.29, 0.717) is 25.2 Å². The van der Waals surface area contributed by atoms with E-state index in [1.807, 2.05) is 43.3 Å². The zero-order chi connectivity index (χ0) is 23.1. The van der Waals surface area contributed by atoms with Crippen LogP contribution in [0, 0.1) is 0 Å². The van der Waals surface area contributed by atoms with Gasteiger partial charge in [-0.3, -0.25) is 0 Å². The fourth-order valence-corrected chi connectivity index (χ4v) is 3.38. The van der Waals surface area contributed by atoms with Crippen LogP contribution in [0.1, 0.15) is 71.8 Å². The molecule has 0 aliphatic heterocycles. The lowest BCUT2D eigenvalue weighted by Crippen LogP contribution is -2.15. The summed E-state index contributed by atoms with van der Waals surface area (Å²) in [6.45, 7) is 4.00. The lowest BCUT2D eigenvalue weighted by Gasteiger charge is -2.10. The van der Waals surface area contributed by atoms with Gasteiger partial charge in [0.05, 0.1) is 12.1 Å². The molecule has 0 radical (unpaired) electrons. The number of aromatic carboxylic acids is 1. The summed E-state index contributed by atoms with van der Waals surface area (Å²) in [4.78, 5) is 15.2. The van der Waals surface area contributed by atoms with Crippen molar-refractivity contribution in [1.82, 2.24) is 14.8 Å². The molecule has 0 saturated carbocycles. The van der Waals surface area contributed by atoms with Crippen molar-refractivity contribution < 1.29 is 18.7 Å². The number of carbonyl (C=O) groups is 1. The first-order valence-corrected chi connectivity index (χ1v) is 10.7. The summed E-state index contributed by atoms with van der Waals surface area (Å²) in [6.07, 6.45) is 5.02. The van der Waals surface area contributed by atoms with Crippen LogP contribution in [0.2, 0.25) is 0 Å². The van der Waals surface area contributed by atoms with E-state index in [1.54, 1.807) is 31.2 Å². The number of carboxylic acids is 1. The summed E-state index contributed by atoms with van der Waals surface area (Å²) < 4.78 is 30.2. The number of hydrogen-bond acceptors (Lipinski definition) is 3. The maximum absolute atomic E-state index is 14.3. The molecule has 2 aromatic carbocycles. The Morgan fingerprint density at radius 3 is 2.47 bits per heavy atom. The second-order valence-electron chi connectivity index (χ2n) is 7.72. The Balaban J connectivity index is 1.78. The highest BCUT2D eigenvalue weighted by atomic mass is 19.3. The van der Waals surface area contributed by atoms with Gasteiger partial charge in [-0.2, -0.15) is 8.78 Å². The summed E-state index contributed by atoms with van der Waals surface area (Å²) in [6, 6.07) is 14.6. The molecule has 0 aliphatic rings. The minimum absolute atomic E-state index is 0.258. The van der Waals surface area contributed by atoms with E-state index in [9.17, 15) is 13.6 Å². The summed E-state index contributed by atoms with van der Waals surface area (Å²) in [7, 11) is 0. The van der Waals surface area contributed by atoms with Crippen molar-refractivity contribution in [3.8, 4) is 0 Å². The van der Waals surface area contributed by atoms with Crippen molar-refractivity contribution >= 4 is 12.0 Å². The van der Waals surface area contributed by atoms with Gasteiger partial charge in [-0.1, -0.05) is 56.3 Å². The molecule has 0 bridgehead atoms. The molecule has 5 nitrogen and oxygen atoms in total. The highest BCUT2D eigenvalue weighted by Crippen LogP contribution is 2.30. The predicted molar refractivity (Wildman–Crippen MR) is 120 cm³/mol. The third-order valence-corrected chi connectivity index (χ3v) is 5.03. The lowest BCUT2D eigenvalue weighted by molar-refractivity contribution is -0.0232. The van der Waals surface area contributed by atoms with Crippen LogP contribution in [-0.2, 0) is 18.9 Å². The quantitative estimate of drug-likeness (QED) is 0.425. The van der Waals surface area contributed by atoms with Gasteiger partial charge >= 0.3 is 11.9 Å². The average Bonchev–Trinajstić information content (AvgIpc) is 3.17. The topological polar surface area (TPSA) is 68.0 Å². The highest BCUT2D eigenvalue weighted by Gasteiger charge is 2.35. The van der Waals surface area contributed by atoms with Crippen LogP contribution >= 0.6 is 0 Å². The molecule has 1 heterocycles. The van der Waals surface area contributed by atoms with Gasteiger partial charge in [0.1, 0.15) is 0 Å². The SMILES string of the molecule is CCC=Cc1nc(C(F)(F)CCC)nn1Cc1ccc(Cc2cccc(C(=O)O)c2)cc1. The van der Waals surface area contributed by atoms with E-state index < -0.39 is 17.7 Å². The van der Waals surface area contributed by atoms with Gasteiger partial charge in [-0.25, -0.2) is 14.5 Å². The van der Waals surface area contributed by atoms with E-state index in [0.717, 1.165) is 23.1 Å². The Bertz CT molecular complexity index is 1090. The molecule has 7 heteroatoms. The van der Waals surface area contributed by atoms with Crippen LogP contribution in [0.5, 0.6) is 0 Å². The number of rotatable bonds is 10. The first-order valence-electron chi connectivity index (χ1n) is 10.7. The number of carboxylic acid groups (broad SMARTS) is 1. The van der Waals surface area contributed by atoms with Gasteiger partial charge < -0.3 is 5.11 Å². The molecule has 0 aliphatic carbocycles. The highest BCUT2D eigenvalue weighted by molar-refractivity contribution is 5.87. The molecule has 32 heavy (non-hydrogen) atoms. The first kappa shape index (κ1) is 23.3. The smallest absolute Gasteiger partial charge is 0.335 e. The number of nitrogens with zero attached hydrogens (tertiary/aromatic N) is 3. The van der Waals surface area contributed by atoms with Gasteiger partial charge in [0.25, 0.3) is 0 Å². The van der Waals surface area contributed by atoms with Crippen molar-refractivity contribution in [2.45, 2.75) is 52.0 Å². The fraction of sp³-hybridized carbons (Fsp3) is 0.320. The van der Waals surface area contributed by atoms with Crippen LogP contribution in [0.25, 0.3) is 6.08 Å². The van der Waals surface area contributed by atoms with Crippen molar-refractivity contribution in [3.05, 3.63) is 88.5 Å². The largest absolute Gasteiger partial charge is 0.478 e. The molecule has 3 aromatic rings. The standard InChI is InChI=1S/C25H27F2N3O2/c1-3-5-9-22-28-24(25(26,27)14-4-2)29-30(22)17-19-12-10-18(11-13-19)15-20-7-6-8-21(16-20)23(31)32/h5-13,16H,3-4,14-15,17H2,1-2H3,(H,31,32). The second-order valence-corrected chi connectivity index (χ2v) is 7.72. The Morgan fingerprint density at radius 1 is 1.09 bits per heavy atom. The molecular weight excluding hydrogens is 412 g/mol. The fourth-order valence-electron chi connectivity index (χ4n) is 3.38. The third kappa shape index (κ3) is 5.87. The van der Waals surface area contributed by atoms with E-state index in [2.05, 4.69) is 10.1 Å². The van der Waals surface area contributed by atoms with Gasteiger partial charge in [0.15, 0.2) is 5.82 Å². The minimum Gasteiger partial charge on any atom is -0.478 e. The molecular formula is C25H27F2N3O2. The molecule has 0 saturated heterocycles. The van der Waals surface area contributed by atoms with Crippen molar-refractivity contribution in [2.24, 2.45) is 0 Å². The Kier molecular flexibility index (Phi) is 7.51. The normalized spacial score (nSPS) is 11.9. The zero-order valence-corrected chi connectivity index (χ0v) is 18.3. The number of benzene rings is 2. The van der Waals surface area contributed by atoms with Crippen molar-refractivity contribution in [3.63, 3.8) is 0 Å². The first-order chi connectivity index (χ1) is 15.3. The van der Waals surface area contributed by atoms with Crippen LogP contribution < -0.4 is 0 Å². The number of hydrogen-bond donors (Lipinski definition) is 1. The number of halogens is 2. The van der Waals surface area contributed by atoms with E-state index in [4.69, 9.17) is 5.11 Å². The Labute approximate surface area is 186 Å². The molecule has 1 N–H and O–H groups in total. The minimum atomic E-state index is -3.05. The summed E-state index contributed by atoms with van der Waals surface area (Å²) in [5, 5.41) is 13.3. The molecule has 3 rings (SSSR count). The number of alkyl halides is 2. The van der Waals surface area contributed by atoms with Crippen LogP contribution in [0.4, 0.5) is 8.78 Å². The summed E-state index contributed by atoms with van der Waals surface area (Å²) in [5.74, 6) is -4.03. The molecule has 1 aromatic heterocycles. The third-order valence-electron chi connectivity index (χ3n) is 5.03. The molecule has 168 valence electrons. The maximum Gasteiger partial charge on any atom is 0.335 e. The Morgan fingerprint density at radius 2 is 1.81 bits per heavy atom. The molecule has 0 atom stereocenters. The monoisotopic (exact) mass is 439 g/mol. The van der Waals surface area contributed by atoms with E-state index in [1.165, 1.54) is 4.68 Å². The summed E-state index contributed by atoms with van der Waals surface area (Å²) in [5.41, 5.74) is 3.10. The number of aromatic nitrogens is 3. The van der Waals surface area contributed by atoms with E-state index >= 15 is 0 Å².